The van der Waals surface area contributed by atoms with E-state index in [1.54, 1.807) is 20.8 Å². The van der Waals surface area contributed by atoms with Crippen LogP contribution in [0.1, 0.15) is 20.8 Å². The third-order valence-corrected chi connectivity index (χ3v) is 4.32. The van der Waals surface area contributed by atoms with Gasteiger partial charge < -0.3 is 11.1 Å². The van der Waals surface area contributed by atoms with Crippen LogP contribution in [0.25, 0.3) is 0 Å². The molecule has 1 aromatic rings. The third kappa shape index (κ3) is 3.67. The van der Waals surface area contributed by atoms with Gasteiger partial charge in [-0.05, 0) is 13.8 Å². The molecule has 19 heavy (non-hydrogen) atoms. The number of hydrogen-bond donors (Lipinski definition) is 3. The molecule has 0 saturated heterocycles. The number of sulfonamides is 1. The van der Waals surface area contributed by atoms with E-state index in [2.05, 4.69) is 15.5 Å². The first kappa shape index (κ1) is 15.4. The first-order valence-electron chi connectivity index (χ1n) is 5.87. The largest absolute Gasteiger partial charge is 0.383 e. The van der Waals surface area contributed by atoms with Crippen LogP contribution in [-0.4, -0.2) is 48.0 Å². The molecule has 108 valence electrons. The monoisotopic (exact) mass is 289 g/mol. The zero-order valence-electron chi connectivity index (χ0n) is 11.2. The molecule has 0 aliphatic carbocycles. The number of carbonyl (C=O) groups excluding carboxylic acids is 1. The maximum atomic E-state index is 12.3. The molecule has 0 bridgehead atoms. The van der Waals surface area contributed by atoms with Crippen LogP contribution in [0.4, 0.5) is 5.82 Å². The van der Waals surface area contributed by atoms with Gasteiger partial charge >= 0.3 is 0 Å². The van der Waals surface area contributed by atoms with Crippen LogP contribution in [0.5, 0.6) is 0 Å². The van der Waals surface area contributed by atoms with Crippen molar-refractivity contribution < 1.29 is 13.2 Å². The predicted octanol–water partition coefficient (Wildman–Crippen LogP) is -0.473. The number of amides is 1. The number of nitrogen functional groups attached to an aromatic ring is 1. The molecule has 0 radical (unpaired) electrons. The quantitative estimate of drug-likeness (QED) is 0.653. The molecule has 0 unspecified atom stereocenters. The van der Waals surface area contributed by atoms with Gasteiger partial charge in [-0.1, -0.05) is 6.92 Å². The normalized spacial score (nSPS) is 12.1. The van der Waals surface area contributed by atoms with Crippen LogP contribution < -0.4 is 11.1 Å². The van der Waals surface area contributed by atoms with Crippen LogP contribution in [0.3, 0.4) is 0 Å². The highest BCUT2D eigenvalue weighted by atomic mass is 32.2. The zero-order valence-corrected chi connectivity index (χ0v) is 12.0. The minimum Gasteiger partial charge on any atom is -0.383 e. The molecule has 1 aromatic heterocycles. The molecule has 0 fully saturated rings. The van der Waals surface area contributed by atoms with Gasteiger partial charge in [0.15, 0.2) is 0 Å². The van der Waals surface area contributed by atoms with Gasteiger partial charge in [-0.2, -0.15) is 9.40 Å². The SMILES string of the molecule is CCN(CC(=O)NC(C)C)S(=O)(=O)c1cn[nH]c1N. The number of likely N-dealkylation sites (N-methyl/N-ethyl adjacent to an activating group) is 1. The summed E-state index contributed by atoms with van der Waals surface area (Å²) in [6.45, 7) is 5.17. The lowest BCUT2D eigenvalue weighted by Crippen LogP contribution is -2.42. The second kappa shape index (κ2) is 6.02. The molecular weight excluding hydrogens is 270 g/mol. The van der Waals surface area contributed by atoms with Gasteiger partial charge in [0.1, 0.15) is 10.7 Å². The highest BCUT2D eigenvalue weighted by molar-refractivity contribution is 7.89. The molecule has 0 atom stereocenters. The van der Waals surface area contributed by atoms with Crippen molar-refractivity contribution >= 4 is 21.7 Å². The lowest BCUT2D eigenvalue weighted by molar-refractivity contribution is -0.121. The molecule has 9 heteroatoms. The van der Waals surface area contributed by atoms with Crippen LogP contribution in [0, 0.1) is 0 Å². The number of carbonyl (C=O) groups is 1. The second-order valence-corrected chi connectivity index (χ2v) is 6.21. The van der Waals surface area contributed by atoms with Crippen molar-refractivity contribution in [2.45, 2.75) is 31.7 Å². The third-order valence-electron chi connectivity index (χ3n) is 2.37. The molecule has 0 aliphatic heterocycles. The minimum atomic E-state index is -3.82. The number of aromatic amines is 1. The van der Waals surface area contributed by atoms with E-state index in [4.69, 9.17) is 5.73 Å². The number of nitrogens with zero attached hydrogens (tertiary/aromatic N) is 2. The van der Waals surface area contributed by atoms with E-state index in [9.17, 15) is 13.2 Å². The van der Waals surface area contributed by atoms with Gasteiger partial charge in [-0.25, -0.2) is 8.42 Å². The standard InChI is InChI=1S/C10H19N5O3S/c1-4-15(6-9(16)13-7(2)3)19(17,18)8-5-12-14-10(8)11/h5,7H,4,6H2,1-3H3,(H,13,16)(H3,11,12,14). The maximum absolute atomic E-state index is 12.3. The summed E-state index contributed by atoms with van der Waals surface area (Å²) in [5.74, 6) is -0.398. The number of anilines is 1. The Labute approximate surface area is 112 Å². The molecule has 4 N–H and O–H groups in total. The summed E-state index contributed by atoms with van der Waals surface area (Å²) < 4.78 is 25.6. The summed E-state index contributed by atoms with van der Waals surface area (Å²) in [7, 11) is -3.82. The molecule has 1 heterocycles. The topological polar surface area (TPSA) is 121 Å². The minimum absolute atomic E-state index is 0.0392. The molecule has 1 rings (SSSR count). The Hall–Kier alpha value is -1.61. The van der Waals surface area contributed by atoms with Crippen LogP contribution in [0.2, 0.25) is 0 Å². The maximum Gasteiger partial charge on any atom is 0.248 e. The van der Waals surface area contributed by atoms with Gasteiger partial charge in [0, 0.05) is 12.6 Å². The number of hydrogen-bond acceptors (Lipinski definition) is 5. The summed E-state index contributed by atoms with van der Waals surface area (Å²) in [6, 6.07) is -0.0482. The van der Waals surface area contributed by atoms with Crippen molar-refractivity contribution in [3.63, 3.8) is 0 Å². The number of nitrogens with two attached hydrogens (primary N) is 1. The predicted molar refractivity (Wildman–Crippen MR) is 70.7 cm³/mol. The number of H-pyrrole nitrogens is 1. The smallest absolute Gasteiger partial charge is 0.248 e. The lowest BCUT2D eigenvalue weighted by atomic mass is 10.4. The van der Waals surface area contributed by atoms with Crippen molar-refractivity contribution in [2.24, 2.45) is 0 Å². The lowest BCUT2D eigenvalue weighted by Gasteiger charge is -2.20. The van der Waals surface area contributed by atoms with Gasteiger partial charge in [0.25, 0.3) is 0 Å². The van der Waals surface area contributed by atoms with Crippen LogP contribution in [-0.2, 0) is 14.8 Å². The van der Waals surface area contributed by atoms with E-state index < -0.39 is 10.0 Å². The molecule has 0 aromatic carbocycles. The van der Waals surface area contributed by atoms with Gasteiger partial charge in [-0.15, -0.1) is 0 Å². The van der Waals surface area contributed by atoms with E-state index in [1.165, 1.54) is 0 Å². The molecular formula is C10H19N5O3S. The zero-order chi connectivity index (χ0) is 14.6. The Morgan fingerprint density at radius 1 is 1.58 bits per heavy atom. The molecule has 0 aliphatic rings. The Kier molecular flexibility index (Phi) is 4.90. The highest BCUT2D eigenvalue weighted by Gasteiger charge is 2.28. The Morgan fingerprint density at radius 2 is 2.21 bits per heavy atom. The first-order valence-corrected chi connectivity index (χ1v) is 7.31. The molecule has 0 saturated carbocycles. The number of rotatable bonds is 6. The van der Waals surface area contributed by atoms with E-state index in [0.717, 1.165) is 10.5 Å². The highest BCUT2D eigenvalue weighted by Crippen LogP contribution is 2.19. The average molecular weight is 289 g/mol. The first-order chi connectivity index (χ1) is 8.78. The van der Waals surface area contributed by atoms with E-state index in [-0.39, 0.29) is 35.8 Å². The summed E-state index contributed by atoms with van der Waals surface area (Å²) in [5.41, 5.74) is 5.51. The fourth-order valence-corrected chi connectivity index (χ4v) is 2.94. The Morgan fingerprint density at radius 3 is 2.63 bits per heavy atom. The van der Waals surface area contributed by atoms with Crippen LogP contribution >= 0.6 is 0 Å². The Bertz CT molecular complexity index is 537. The van der Waals surface area contributed by atoms with Crippen molar-refractivity contribution in [3.8, 4) is 0 Å². The van der Waals surface area contributed by atoms with Gasteiger partial charge in [0.05, 0.1) is 12.7 Å². The summed E-state index contributed by atoms with van der Waals surface area (Å²) in [5, 5.41) is 8.58. The second-order valence-electron chi connectivity index (χ2n) is 4.30. The Balaban J connectivity index is 2.91. The van der Waals surface area contributed by atoms with Crippen molar-refractivity contribution in [3.05, 3.63) is 6.20 Å². The van der Waals surface area contributed by atoms with E-state index in [0.29, 0.717) is 0 Å². The fourth-order valence-electron chi connectivity index (χ4n) is 1.52. The summed E-state index contributed by atoms with van der Waals surface area (Å²) in [4.78, 5) is 11.5. The van der Waals surface area contributed by atoms with Gasteiger partial charge in [-0.3, -0.25) is 9.89 Å². The molecule has 8 nitrogen and oxygen atoms in total. The molecule has 1 amide bonds. The average Bonchev–Trinajstić information content (AvgIpc) is 2.71. The van der Waals surface area contributed by atoms with Crippen molar-refractivity contribution in [2.75, 3.05) is 18.8 Å². The summed E-state index contributed by atoms with van der Waals surface area (Å²) in [6.07, 6.45) is 1.13. The van der Waals surface area contributed by atoms with E-state index >= 15 is 0 Å². The van der Waals surface area contributed by atoms with E-state index in [1.807, 2.05) is 0 Å². The van der Waals surface area contributed by atoms with Crippen molar-refractivity contribution in [1.82, 2.24) is 19.8 Å². The van der Waals surface area contributed by atoms with Crippen LogP contribution in [0.15, 0.2) is 11.1 Å². The van der Waals surface area contributed by atoms with Crippen molar-refractivity contribution in [1.29, 1.82) is 0 Å². The number of aromatic nitrogens is 2. The molecule has 0 spiro atoms. The fraction of sp³-hybridized carbons (Fsp3) is 0.600. The summed E-state index contributed by atoms with van der Waals surface area (Å²) >= 11 is 0. The number of nitrogens with one attached hydrogen (secondary N) is 2. The van der Waals surface area contributed by atoms with Gasteiger partial charge in [0.2, 0.25) is 15.9 Å².